The van der Waals surface area contributed by atoms with Crippen molar-refractivity contribution < 1.29 is 9.59 Å². The average molecular weight is 312 g/mol. The molecular formula is C19H24N2O2. The molecule has 0 aliphatic heterocycles. The molecular weight excluding hydrogens is 288 g/mol. The van der Waals surface area contributed by atoms with Crippen molar-refractivity contribution in [3.8, 4) is 0 Å². The smallest absolute Gasteiger partial charge is 0.224 e. The Morgan fingerprint density at radius 2 is 1.65 bits per heavy atom. The maximum Gasteiger partial charge on any atom is 0.224 e. The van der Waals surface area contributed by atoms with Crippen molar-refractivity contribution in [1.29, 1.82) is 0 Å². The fraction of sp³-hybridized carbons (Fsp3) is 0.368. The molecule has 2 rings (SSSR count). The lowest BCUT2D eigenvalue weighted by Gasteiger charge is -2.26. The van der Waals surface area contributed by atoms with Gasteiger partial charge < -0.3 is 10.6 Å². The Labute approximate surface area is 137 Å². The molecule has 0 saturated heterocycles. The van der Waals surface area contributed by atoms with Crippen LogP contribution in [0.3, 0.4) is 0 Å². The number of hydrogen-bond acceptors (Lipinski definition) is 2. The van der Waals surface area contributed by atoms with E-state index in [9.17, 15) is 9.59 Å². The van der Waals surface area contributed by atoms with Gasteiger partial charge in [-0.05, 0) is 24.8 Å². The Morgan fingerprint density at radius 3 is 2.26 bits per heavy atom. The minimum Gasteiger partial charge on any atom is -0.355 e. The lowest BCUT2D eigenvalue weighted by Crippen LogP contribution is -2.43. The zero-order chi connectivity index (χ0) is 16.5. The second-order valence-corrected chi connectivity index (χ2v) is 5.72. The number of carbonyl (C=O) groups is 2. The van der Waals surface area contributed by atoms with E-state index in [-0.39, 0.29) is 23.7 Å². The first-order valence-corrected chi connectivity index (χ1v) is 8.07. The highest BCUT2D eigenvalue weighted by atomic mass is 16.2. The van der Waals surface area contributed by atoms with Crippen LogP contribution >= 0.6 is 0 Å². The summed E-state index contributed by atoms with van der Waals surface area (Å²) in [7, 11) is 0. The first-order chi connectivity index (χ1) is 11.2. The van der Waals surface area contributed by atoms with Crippen LogP contribution in [0.2, 0.25) is 0 Å². The number of carbonyl (C=O) groups excluding carboxylic acids is 2. The number of allylic oxidation sites excluding steroid dienone is 2. The Hall–Kier alpha value is -2.36. The minimum atomic E-state index is -0.295. The molecule has 0 heterocycles. The molecule has 23 heavy (non-hydrogen) atoms. The topological polar surface area (TPSA) is 58.2 Å². The van der Waals surface area contributed by atoms with Crippen LogP contribution in [-0.2, 0) is 16.0 Å². The van der Waals surface area contributed by atoms with Gasteiger partial charge in [0.2, 0.25) is 11.8 Å². The van der Waals surface area contributed by atoms with Crippen LogP contribution < -0.4 is 10.6 Å². The van der Waals surface area contributed by atoms with Gasteiger partial charge in [0, 0.05) is 13.1 Å². The predicted octanol–water partition coefficient (Wildman–Crippen LogP) is 2.23. The van der Waals surface area contributed by atoms with E-state index in [1.165, 1.54) is 5.56 Å². The van der Waals surface area contributed by atoms with Crippen LogP contribution in [0.4, 0.5) is 0 Å². The van der Waals surface area contributed by atoms with E-state index in [0.717, 1.165) is 6.42 Å². The third-order valence-corrected chi connectivity index (χ3v) is 4.08. The van der Waals surface area contributed by atoms with Gasteiger partial charge >= 0.3 is 0 Å². The zero-order valence-corrected chi connectivity index (χ0v) is 13.3. The highest BCUT2D eigenvalue weighted by Crippen LogP contribution is 2.26. The second-order valence-electron chi connectivity index (χ2n) is 5.72. The number of hydrogen-bond donors (Lipinski definition) is 2. The molecule has 2 atom stereocenters. The van der Waals surface area contributed by atoms with Gasteiger partial charge in [0.25, 0.3) is 0 Å². The minimum absolute atomic E-state index is 0.0379. The molecule has 2 amide bonds. The van der Waals surface area contributed by atoms with E-state index >= 15 is 0 Å². The molecule has 4 heteroatoms. The molecule has 1 aliphatic carbocycles. The summed E-state index contributed by atoms with van der Waals surface area (Å²) < 4.78 is 0. The number of nitrogens with one attached hydrogen (secondary N) is 2. The van der Waals surface area contributed by atoms with Crippen molar-refractivity contribution in [2.75, 3.05) is 13.1 Å². The summed E-state index contributed by atoms with van der Waals surface area (Å²) in [6.45, 7) is 4.61. The van der Waals surface area contributed by atoms with Crippen LogP contribution in [-0.4, -0.2) is 24.9 Å². The highest BCUT2D eigenvalue weighted by Gasteiger charge is 2.33. The summed E-state index contributed by atoms with van der Waals surface area (Å²) in [5.74, 6) is -0.696. The Morgan fingerprint density at radius 1 is 1.04 bits per heavy atom. The summed E-state index contributed by atoms with van der Waals surface area (Å²) in [4.78, 5) is 24.6. The van der Waals surface area contributed by atoms with Gasteiger partial charge in [-0.2, -0.15) is 0 Å². The first kappa shape index (κ1) is 17.0. The fourth-order valence-corrected chi connectivity index (χ4v) is 2.80. The van der Waals surface area contributed by atoms with Gasteiger partial charge in [0.05, 0.1) is 11.8 Å². The zero-order valence-electron chi connectivity index (χ0n) is 13.3. The predicted molar refractivity (Wildman–Crippen MR) is 91.7 cm³/mol. The summed E-state index contributed by atoms with van der Waals surface area (Å²) in [5.41, 5.74) is 1.19. The van der Waals surface area contributed by atoms with Gasteiger partial charge in [0.15, 0.2) is 0 Å². The lowest BCUT2D eigenvalue weighted by molar-refractivity contribution is -0.134. The molecule has 2 unspecified atom stereocenters. The monoisotopic (exact) mass is 312 g/mol. The molecule has 1 aromatic rings. The van der Waals surface area contributed by atoms with Gasteiger partial charge in [-0.3, -0.25) is 9.59 Å². The first-order valence-electron chi connectivity index (χ1n) is 8.07. The van der Waals surface area contributed by atoms with Crippen LogP contribution in [0.5, 0.6) is 0 Å². The molecule has 2 N–H and O–H groups in total. The third kappa shape index (κ3) is 5.09. The standard InChI is InChI=1S/C19H24N2O2/c1-2-13-20-18(22)16-10-6-7-11-17(16)19(23)21-14-12-15-8-4-3-5-9-15/h2-9,16-17H,1,10-14H2,(H,20,22)(H,21,23). The normalized spacial score (nSPS) is 19.8. The average Bonchev–Trinajstić information content (AvgIpc) is 2.60. The van der Waals surface area contributed by atoms with E-state index in [2.05, 4.69) is 17.2 Å². The molecule has 122 valence electrons. The SMILES string of the molecule is C=CCNC(=O)C1CC=CCC1C(=O)NCCc1ccccc1. The van der Waals surface area contributed by atoms with Crippen molar-refractivity contribution in [3.63, 3.8) is 0 Å². The molecule has 0 fully saturated rings. The second kappa shape index (κ2) is 8.93. The Kier molecular flexibility index (Phi) is 6.60. The van der Waals surface area contributed by atoms with E-state index in [4.69, 9.17) is 0 Å². The summed E-state index contributed by atoms with van der Waals surface area (Å²) in [6.07, 6.45) is 7.63. The van der Waals surface area contributed by atoms with Gasteiger partial charge in [-0.25, -0.2) is 0 Å². The largest absolute Gasteiger partial charge is 0.355 e. The van der Waals surface area contributed by atoms with E-state index < -0.39 is 0 Å². The molecule has 1 aromatic carbocycles. The molecule has 0 saturated carbocycles. The molecule has 0 radical (unpaired) electrons. The van der Waals surface area contributed by atoms with Crippen LogP contribution in [0.1, 0.15) is 18.4 Å². The number of benzene rings is 1. The van der Waals surface area contributed by atoms with Crippen LogP contribution in [0.15, 0.2) is 55.1 Å². The summed E-state index contributed by atoms with van der Waals surface area (Å²) in [6, 6.07) is 10.0. The summed E-state index contributed by atoms with van der Waals surface area (Å²) in [5, 5.41) is 5.77. The van der Waals surface area contributed by atoms with E-state index in [1.54, 1.807) is 6.08 Å². The number of amides is 2. The van der Waals surface area contributed by atoms with Crippen molar-refractivity contribution in [2.24, 2.45) is 11.8 Å². The van der Waals surface area contributed by atoms with E-state index in [0.29, 0.717) is 25.9 Å². The maximum absolute atomic E-state index is 12.4. The molecule has 1 aliphatic rings. The Balaban J connectivity index is 1.86. The third-order valence-electron chi connectivity index (χ3n) is 4.08. The Bertz CT molecular complexity index is 566. The van der Waals surface area contributed by atoms with Crippen molar-refractivity contribution in [3.05, 3.63) is 60.7 Å². The fourth-order valence-electron chi connectivity index (χ4n) is 2.80. The number of rotatable bonds is 7. The molecule has 4 nitrogen and oxygen atoms in total. The summed E-state index contributed by atoms with van der Waals surface area (Å²) >= 11 is 0. The van der Waals surface area contributed by atoms with Gasteiger partial charge in [0.1, 0.15) is 0 Å². The molecule has 0 aromatic heterocycles. The maximum atomic E-state index is 12.4. The quantitative estimate of drug-likeness (QED) is 0.759. The van der Waals surface area contributed by atoms with Crippen LogP contribution in [0.25, 0.3) is 0 Å². The van der Waals surface area contributed by atoms with Crippen LogP contribution in [0, 0.1) is 11.8 Å². The highest BCUT2D eigenvalue weighted by molar-refractivity contribution is 5.88. The lowest BCUT2D eigenvalue weighted by atomic mass is 9.81. The van der Waals surface area contributed by atoms with Crippen molar-refractivity contribution >= 4 is 11.8 Å². The molecule has 0 bridgehead atoms. The van der Waals surface area contributed by atoms with Gasteiger partial charge in [-0.1, -0.05) is 48.6 Å². The van der Waals surface area contributed by atoms with E-state index in [1.807, 2.05) is 42.5 Å². The van der Waals surface area contributed by atoms with Crippen molar-refractivity contribution in [2.45, 2.75) is 19.3 Å². The van der Waals surface area contributed by atoms with Gasteiger partial charge in [-0.15, -0.1) is 6.58 Å². The van der Waals surface area contributed by atoms with Crippen molar-refractivity contribution in [1.82, 2.24) is 10.6 Å². The molecule has 0 spiro atoms.